The van der Waals surface area contributed by atoms with E-state index in [0.29, 0.717) is 0 Å². The van der Waals surface area contributed by atoms with Crippen LogP contribution in [-0.2, 0) is 0 Å². The molecule has 15 heavy (non-hydrogen) atoms. The number of hydrogen-bond acceptors (Lipinski definition) is 2. The first-order valence-electron chi connectivity index (χ1n) is 5.48. The lowest BCUT2D eigenvalue weighted by atomic mass is 9.99. The molecular weight excluding hydrogens is 186 g/mol. The second-order valence-electron chi connectivity index (χ2n) is 4.88. The van der Waals surface area contributed by atoms with E-state index in [0.717, 1.165) is 18.8 Å². The minimum Gasteiger partial charge on any atom is -0.484 e. The van der Waals surface area contributed by atoms with Crippen molar-refractivity contribution in [1.29, 1.82) is 0 Å². The van der Waals surface area contributed by atoms with Crippen LogP contribution >= 0.6 is 0 Å². The maximum absolute atomic E-state index is 6.09. The molecule has 2 heteroatoms. The lowest BCUT2D eigenvalue weighted by molar-refractivity contribution is 0.0335. The molecule has 1 aromatic carbocycles. The van der Waals surface area contributed by atoms with Crippen LogP contribution in [0.15, 0.2) is 12.1 Å². The van der Waals surface area contributed by atoms with Crippen molar-refractivity contribution in [2.45, 2.75) is 33.3 Å². The molecule has 0 radical (unpaired) electrons. The second kappa shape index (κ2) is 3.53. The van der Waals surface area contributed by atoms with Gasteiger partial charge in [-0.15, -0.1) is 0 Å². The fourth-order valence-corrected chi connectivity index (χ4v) is 2.12. The highest BCUT2D eigenvalue weighted by Gasteiger charge is 2.34. The molecule has 0 aliphatic carbocycles. The summed E-state index contributed by atoms with van der Waals surface area (Å²) < 4.78 is 6.09. The molecule has 1 heterocycles. The summed E-state index contributed by atoms with van der Waals surface area (Å²) in [6.07, 6.45) is 0. The summed E-state index contributed by atoms with van der Waals surface area (Å²) in [5, 5.41) is 3.25. The third-order valence-corrected chi connectivity index (χ3v) is 2.95. The monoisotopic (exact) mass is 205 g/mol. The maximum Gasteiger partial charge on any atom is 0.131 e. The average molecular weight is 205 g/mol. The maximum atomic E-state index is 6.09. The number of hydrogen-bond donors (Lipinski definition) is 1. The zero-order valence-corrected chi connectivity index (χ0v) is 9.98. The molecule has 1 N–H and O–H groups in total. The van der Waals surface area contributed by atoms with Gasteiger partial charge in [-0.25, -0.2) is 0 Å². The highest BCUT2D eigenvalue weighted by atomic mass is 16.5. The van der Waals surface area contributed by atoms with Crippen LogP contribution in [0.25, 0.3) is 0 Å². The number of rotatable bonds is 2. The van der Waals surface area contributed by atoms with Gasteiger partial charge in [0.2, 0.25) is 0 Å². The van der Waals surface area contributed by atoms with Crippen molar-refractivity contribution in [3.63, 3.8) is 0 Å². The van der Waals surface area contributed by atoms with Gasteiger partial charge in [-0.2, -0.15) is 0 Å². The zero-order valence-electron chi connectivity index (χ0n) is 9.98. The summed E-state index contributed by atoms with van der Waals surface area (Å²) in [4.78, 5) is 0. The van der Waals surface area contributed by atoms with E-state index in [1.165, 1.54) is 16.7 Å². The van der Waals surface area contributed by atoms with E-state index in [9.17, 15) is 0 Å². The largest absolute Gasteiger partial charge is 0.484 e. The molecule has 0 aromatic heterocycles. The molecule has 0 spiro atoms. The predicted molar refractivity (Wildman–Crippen MR) is 62.6 cm³/mol. The third-order valence-electron chi connectivity index (χ3n) is 2.95. The molecular formula is C13H19NO. The third kappa shape index (κ3) is 2.00. The molecule has 1 aliphatic rings. The van der Waals surface area contributed by atoms with E-state index in [1.807, 2.05) is 0 Å². The zero-order chi connectivity index (χ0) is 11.1. The van der Waals surface area contributed by atoms with Crippen LogP contribution < -0.4 is 10.1 Å². The summed E-state index contributed by atoms with van der Waals surface area (Å²) >= 11 is 0. The minimum absolute atomic E-state index is 0.00915. The molecule has 1 aliphatic heterocycles. The minimum atomic E-state index is -0.00915. The molecule has 1 aromatic rings. The number of aryl methyl sites for hydroxylation is 3. The normalized spacial score (nSPS) is 18.4. The van der Waals surface area contributed by atoms with Crippen molar-refractivity contribution in [1.82, 2.24) is 5.32 Å². The Labute approximate surface area is 91.6 Å². The fourth-order valence-electron chi connectivity index (χ4n) is 2.12. The van der Waals surface area contributed by atoms with Crippen LogP contribution in [0.3, 0.4) is 0 Å². The van der Waals surface area contributed by atoms with Gasteiger partial charge >= 0.3 is 0 Å². The summed E-state index contributed by atoms with van der Waals surface area (Å²) in [6, 6.07) is 4.36. The Bertz CT molecular complexity index is 357. The van der Waals surface area contributed by atoms with E-state index in [-0.39, 0.29) is 5.60 Å². The van der Waals surface area contributed by atoms with Gasteiger partial charge < -0.3 is 10.1 Å². The average Bonchev–Trinajstić information content (AvgIpc) is 2.08. The Morgan fingerprint density at radius 3 is 2.07 bits per heavy atom. The SMILES string of the molecule is Cc1cc(C)c(OC2(C)CNC2)c(C)c1. The number of nitrogens with one attached hydrogen (secondary N) is 1. The number of benzene rings is 1. The van der Waals surface area contributed by atoms with Gasteiger partial charge in [0.15, 0.2) is 0 Å². The van der Waals surface area contributed by atoms with Gasteiger partial charge in [-0.05, 0) is 38.8 Å². The Morgan fingerprint density at radius 2 is 1.67 bits per heavy atom. The van der Waals surface area contributed by atoms with E-state index in [2.05, 4.69) is 45.1 Å². The van der Waals surface area contributed by atoms with E-state index in [4.69, 9.17) is 4.74 Å². The molecule has 2 nitrogen and oxygen atoms in total. The van der Waals surface area contributed by atoms with Crippen LogP contribution in [0, 0.1) is 20.8 Å². The van der Waals surface area contributed by atoms with Crippen molar-refractivity contribution in [2.24, 2.45) is 0 Å². The summed E-state index contributed by atoms with van der Waals surface area (Å²) in [5.41, 5.74) is 3.76. The van der Waals surface area contributed by atoms with Crippen molar-refractivity contribution in [2.75, 3.05) is 13.1 Å². The van der Waals surface area contributed by atoms with Crippen molar-refractivity contribution < 1.29 is 4.74 Å². The van der Waals surface area contributed by atoms with Crippen LogP contribution in [0.5, 0.6) is 5.75 Å². The van der Waals surface area contributed by atoms with Gasteiger partial charge in [0, 0.05) is 13.1 Å². The Morgan fingerprint density at radius 1 is 1.13 bits per heavy atom. The van der Waals surface area contributed by atoms with Crippen LogP contribution in [0.4, 0.5) is 0 Å². The fraction of sp³-hybridized carbons (Fsp3) is 0.538. The number of ether oxygens (including phenoxy) is 1. The molecule has 82 valence electrons. The van der Waals surface area contributed by atoms with E-state index < -0.39 is 0 Å². The van der Waals surface area contributed by atoms with Crippen LogP contribution in [0.1, 0.15) is 23.6 Å². The van der Waals surface area contributed by atoms with Crippen molar-refractivity contribution >= 4 is 0 Å². The molecule has 1 fully saturated rings. The van der Waals surface area contributed by atoms with Gasteiger partial charge in [0.05, 0.1) is 0 Å². The van der Waals surface area contributed by atoms with Gasteiger partial charge in [-0.3, -0.25) is 0 Å². The highest BCUT2D eigenvalue weighted by Crippen LogP contribution is 2.29. The molecule has 1 saturated heterocycles. The van der Waals surface area contributed by atoms with Gasteiger partial charge in [0.25, 0.3) is 0 Å². The smallest absolute Gasteiger partial charge is 0.131 e. The molecule has 0 amide bonds. The quantitative estimate of drug-likeness (QED) is 0.800. The molecule has 0 bridgehead atoms. The van der Waals surface area contributed by atoms with E-state index in [1.54, 1.807) is 0 Å². The topological polar surface area (TPSA) is 21.3 Å². The highest BCUT2D eigenvalue weighted by molar-refractivity contribution is 5.43. The van der Waals surface area contributed by atoms with E-state index >= 15 is 0 Å². The first-order chi connectivity index (χ1) is 7.00. The molecule has 0 saturated carbocycles. The lowest BCUT2D eigenvalue weighted by Gasteiger charge is -2.40. The van der Waals surface area contributed by atoms with Crippen molar-refractivity contribution in [3.05, 3.63) is 28.8 Å². The lowest BCUT2D eigenvalue weighted by Crippen LogP contribution is -2.61. The van der Waals surface area contributed by atoms with Gasteiger partial charge in [0.1, 0.15) is 11.4 Å². The van der Waals surface area contributed by atoms with Crippen LogP contribution in [0.2, 0.25) is 0 Å². The Balaban J connectivity index is 2.28. The van der Waals surface area contributed by atoms with Gasteiger partial charge in [-0.1, -0.05) is 17.7 Å². The van der Waals surface area contributed by atoms with Crippen LogP contribution in [-0.4, -0.2) is 18.7 Å². The molecule has 0 unspecified atom stereocenters. The summed E-state index contributed by atoms with van der Waals surface area (Å²) in [5.74, 6) is 1.06. The molecule has 0 atom stereocenters. The molecule has 2 rings (SSSR count). The summed E-state index contributed by atoms with van der Waals surface area (Å²) in [6.45, 7) is 10.4. The second-order valence-corrected chi connectivity index (χ2v) is 4.88. The first kappa shape index (κ1) is 10.5. The summed E-state index contributed by atoms with van der Waals surface area (Å²) in [7, 11) is 0. The Kier molecular flexibility index (Phi) is 2.47. The van der Waals surface area contributed by atoms with Crippen molar-refractivity contribution in [3.8, 4) is 5.75 Å². The predicted octanol–water partition coefficient (Wildman–Crippen LogP) is 2.35. The Hall–Kier alpha value is -1.02. The first-order valence-corrected chi connectivity index (χ1v) is 5.48. The standard InChI is InChI=1S/C13H19NO/c1-9-5-10(2)12(11(3)6-9)15-13(4)7-14-8-13/h5-6,14H,7-8H2,1-4H3.